The SMILES string of the molecule is Clc1cc(Cl)cc(-c2ccc(CNC3CCCCCC3)o2)c1. The standard InChI is InChI=1S/C18H21Cl2NO/c19-14-9-13(10-15(20)11-14)18-8-7-17(22-18)12-21-16-5-3-1-2-4-6-16/h7-11,16,21H,1-6,12H2. The Morgan fingerprint density at radius 2 is 1.64 bits per heavy atom. The molecule has 0 saturated heterocycles. The molecule has 0 unspecified atom stereocenters. The van der Waals surface area contributed by atoms with Crippen molar-refractivity contribution in [2.45, 2.75) is 51.1 Å². The van der Waals surface area contributed by atoms with Crippen LogP contribution in [0.3, 0.4) is 0 Å². The van der Waals surface area contributed by atoms with Crippen molar-refractivity contribution in [2.75, 3.05) is 0 Å². The summed E-state index contributed by atoms with van der Waals surface area (Å²) < 4.78 is 5.92. The number of halogens is 2. The van der Waals surface area contributed by atoms with Crippen molar-refractivity contribution in [3.63, 3.8) is 0 Å². The minimum absolute atomic E-state index is 0.622. The number of hydrogen-bond acceptors (Lipinski definition) is 2. The highest BCUT2D eigenvalue weighted by Crippen LogP contribution is 2.28. The van der Waals surface area contributed by atoms with Gasteiger partial charge in [0.15, 0.2) is 0 Å². The Hall–Kier alpha value is -0.960. The summed E-state index contributed by atoms with van der Waals surface area (Å²) in [4.78, 5) is 0. The molecule has 2 nitrogen and oxygen atoms in total. The van der Waals surface area contributed by atoms with Crippen LogP contribution in [-0.2, 0) is 6.54 Å². The first-order valence-corrected chi connectivity index (χ1v) is 8.75. The van der Waals surface area contributed by atoms with E-state index >= 15 is 0 Å². The largest absolute Gasteiger partial charge is 0.460 e. The molecule has 1 N–H and O–H groups in total. The molecule has 1 heterocycles. The van der Waals surface area contributed by atoms with Gasteiger partial charge in [-0.05, 0) is 43.2 Å². The lowest BCUT2D eigenvalue weighted by Crippen LogP contribution is -2.27. The van der Waals surface area contributed by atoms with Crippen LogP contribution in [0.4, 0.5) is 0 Å². The molecule has 1 aliphatic carbocycles. The summed E-state index contributed by atoms with van der Waals surface area (Å²) in [6.45, 7) is 0.777. The van der Waals surface area contributed by atoms with Gasteiger partial charge in [0.05, 0.1) is 6.54 Å². The van der Waals surface area contributed by atoms with Crippen LogP contribution in [0, 0.1) is 0 Å². The van der Waals surface area contributed by atoms with Crippen molar-refractivity contribution in [3.05, 3.63) is 46.1 Å². The van der Waals surface area contributed by atoms with Crippen LogP contribution >= 0.6 is 23.2 Å². The second kappa shape index (κ2) is 7.54. The van der Waals surface area contributed by atoms with Crippen molar-refractivity contribution in [3.8, 4) is 11.3 Å². The molecule has 1 saturated carbocycles. The van der Waals surface area contributed by atoms with E-state index in [1.807, 2.05) is 24.3 Å². The predicted molar refractivity (Wildman–Crippen MR) is 92.5 cm³/mol. The minimum Gasteiger partial charge on any atom is -0.460 e. The van der Waals surface area contributed by atoms with Gasteiger partial charge in [0.2, 0.25) is 0 Å². The van der Waals surface area contributed by atoms with Crippen LogP contribution in [0.1, 0.15) is 44.3 Å². The molecule has 0 amide bonds. The second-order valence-electron chi connectivity index (χ2n) is 5.99. The van der Waals surface area contributed by atoms with Gasteiger partial charge >= 0.3 is 0 Å². The van der Waals surface area contributed by atoms with Crippen molar-refractivity contribution in [1.82, 2.24) is 5.32 Å². The fourth-order valence-corrected chi connectivity index (χ4v) is 3.58. The quantitative estimate of drug-likeness (QED) is 0.685. The maximum atomic E-state index is 6.05. The highest BCUT2D eigenvalue weighted by atomic mass is 35.5. The molecule has 0 radical (unpaired) electrons. The summed E-state index contributed by atoms with van der Waals surface area (Å²) in [5.41, 5.74) is 0.915. The van der Waals surface area contributed by atoms with Crippen molar-refractivity contribution >= 4 is 23.2 Å². The van der Waals surface area contributed by atoms with Gasteiger partial charge in [-0.15, -0.1) is 0 Å². The van der Waals surface area contributed by atoms with Crippen LogP contribution in [0.15, 0.2) is 34.7 Å². The number of hydrogen-bond donors (Lipinski definition) is 1. The molecule has 4 heteroatoms. The van der Waals surface area contributed by atoms with E-state index in [4.69, 9.17) is 27.6 Å². The highest BCUT2D eigenvalue weighted by Gasteiger charge is 2.13. The third kappa shape index (κ3) is 4.28. The molecule has 22 heavy (non-hydrogen) atoms. The van der Waals surface area contributed by atoms with Gasteiger partial charge in [0, 0.05) is 21.7 Å². The Morgan fingerprint density at radius 3 is 2.32 bits per heavy atom. The van der Waals surface area contributed by atoms with E-state index in [1.54, 1.807) is 6.07 Å². The number of furan rings is 1. The maximum absolute atomic E-state index is 6.05. The van der Waals surface area contributed by atoms with Crippen molar-refractivity contribution in [1.29, 1.82) is 0 Å². The Bertz CT molecular complexity index is 595. The average molecular weight is 338 g/mol. The molecule has 0 atom stereocenters. The fraction of sp³-hybridized carbons (Fsp3) is 0.444. The van der Waals surface area contributed by atoms with E-state index in [2.05, 4.69) is 5.32 Å². The first-order chi connectivity index (χ1) is 10.7. The first kappa shape index (κ1) is 15.9. The topological polar surface area (TPSA) is 25.2 Å². The van der Waals surface area contributed by atoms with E-state index in [1.165, 1.54) is 38.5 Å². The van der Waals surface area contributed by atoms with Gasteiger partial charge in [-0.1, -0.05) is 48.9 Å². The first-order valence-electron chi connectivity index (χ1n) is 7.99. The maximum Gasteiger partial charge on any atom is 0.134 e. The summed E-state index contributed by atoms with van der Waals surface area (Å²) in [7, 11) is 0. The molecule has 1 aromatic heterocycles. The molecular formula is C18H21Cl2NO. The van der Waals surface area contributed by atoms with Crippen LogP contribution in [0.25, 0.3) is 11.3 Å². The third-order valence-electron chi connectivity index (χ3n) is 4.23. The smallest absolute Gasteiger partial charge is 0.134 e. The van der Waals surface area contributed by atoms with Crippen LogP contribution in [0.2, 0.25) is 10.0 Å². The van der Waals surface area contributed by atoms with Crippen LogP contribution in [-0.4, -0.2) is 6.04 Å². The molecule has 0 bridgehead atoms. The number of rotatable bonds is 4. The zero-order valence-electron chi connectivity index (χ0n) is 12.6. The molecule has 0 spiro atoms. The third-order valence-corrected chi connectivity index (χ3v) is 4.67. The Balaban J connectivity index is 1.63. The summed E-state index contributed by atoms with van der Waals surface area (Å²) in [5.74, 6) is 1.76. The van der Waals surface area contributed by atoms with Gasteiger partial charge in [0.1, 0.15) is 11.5 Å². The van der Waals surface area contributed by atoms with Crippen LogP contribution in [0.5, 0.6) is 0 Å². The van der Waals surface area contributed by atoms with E-state index in [-0.39, 0.29) is 0 Å². The van der Waals surface area contributed by atoms with Gasteiger partial charge in [-0.2, -0.15) is 0 Å². The van der Waals surface area contributed by atoms with E-state index in [0.29, 0.717) is 16.1 Å². The van der Waals surface area contributed by atoms with Crippen molar-refractivity contribution in [2.24, 2.45) is 0 Å². The number of nitrogens with one attached hydrogen (secondary N) is 1. The Morgan fingerprint density at radius 1 is 0.955 bits per heavy atom. The lowest BCUT2D eigenvalue weighted by Gasteiger charge is -2.14. The van der Waals surface area contributed by atoms with E-state index in [9.17, 15) is 0 Å². The second-order valence-corrected chi connectivity index (χ2v) is 6.87. The zero-order chi connectivity index (χ0) is 15.4. The monoisotopic (exact) mass is 337 g/mol. The summed E-state index contributed by atoms with van der Waals surface area (Å²) in [6.07, 6.45) is 7.97. The molecule has 1 fully saturated rings. The molecule has 1 aliphatic rings. The van der Waals surface area contributed by atoms with E-state index in [0.717, 1.165) is 23.6 Å². The molecule has 3 rings (SSSR count). The lowest BCUT2D eigenvalue weighted by molar-refractivity contribution is 0.420. The molecule has 2 aromatic rings. The van der Waals surface area contributed by atoms with E-state index < -0.39 is 0 Å². The van der Waals surface area contributed by atoms with Gasteiger partial charge < -0.3 is 9.73 Å². The minimum atomic E-state index is 0.622. The normalized spacial score (nSPS) is 16.6. The summed E-state index contributed by atoms with van der Waals surface area (Å²) in [5, 5.41) is 4.86. The molecule has 118 valence electrons. The fourth-order valence-electron chi connectivity index (χ4n) is 3.05. The number of benzene rings is 1. The Kier molecular flexibility index (Phi) is 5.46. The Labute approximate surface area is 141 Å². The molecular weight excluding hydrogens is 317 g/mol. The van der Waals surface area contributed by atoms with Gasteiger partial charge in [-0.25, -0.2) is 0 Å². The van der Waals surface area contributed by atoms with Crippen LogP contribution < -0.4 is 5.32 Å². The van der Waals surface area contributed by atoms with Crippen molar-refractivity contribution < 1.29 is 4.42 Å². The predicted octanol–water partition coefficient (Wildman–Crippen LogP) is 6.07. The molecule has 0 aliphatic heterocycles. The lowest BCUT2D eigenvalue weighted by atomic mass is 10.1. The summed E-state index contributed by atoms with van der Waals surface area (Å²) in [6, 6.07) is 10.1. The molecule has 1 aromatic carbocycles. The van der Waals surface area contributed by atoms with Gasteiger partial charge in [0.25, 0.3) is 0 Å². The summed E-state index contributed by atoms with van der Waals surface area (Å²) >= 11 is 12.1. The zero-order valence-corrected chi connectivity index (χ0v) is 14.1. The van der Waals surface area contributed by atoms with Gasteiger partial charge in [-0.3, -0.25) is 0 Å². The highest BCUT2D eigenvalue weighted by molar-refractivity contribution is 6.35. The average Bonchev–Trinajstić information content (AvgIpc) is 2.80.